The molecule has 0 unspecified atom stereocenters. The van der Waals surface area contributed by atoms with Gasteiger partial charge in [0.15, 0.2) is 5.13 Å². The van der Waals surface area contributed by atoms with Gasteiger partial charge in [-0.3, -0.25) is 9.36 Å². The number of nitrogens with one attached hydrogen (secondary N) is 1. The Hall–Kier alpha value is -2.80. The van der Waals surface area contributed by atoms with Crippen molar-refractivity contribution in [3.63, 3.8) is 0 Å². The zero-order chi connectivity index (χ0) is 20.3. The van der Waals surface area contributed by atoms with Gasteiger partial charge in [0.05, 0.1) is 10.7 Å². The molecule has 5 rings (SSSR count). The van der Waals surface area contributed by atoms with E-state index >= 15 is 0 Å². The van der Waals surface area contributed by atoms with Crippen LogP contribution in [0.2, 0.25) is 10.0 Å². The van der Waals surface area contributed by atoms with Crippen LogP contribution in [0.25, 0.3) is 44.3 Å². The Morgan fingerprint density at radius 2 is 1.90 bits per heavy atom. The first-order chi connectivity index (χ1) is 13.9. The summed E-state index contributed by atoms with van der Waals surface area (Å²) in [6, 6.07) is 13.0. The second-order valence-electron chi connectivity index (χ2n) is 6.76. The summed E-state index contributed by atoms with van der Waals surface area (Å²) in [5, 5.41) is 5.34. The lowest BCUT2D eigenvalue weighted by Crippen LogP contribution is -2.19. The summed E-state index contributed by atoms with van der Waals surface area (Å²) < 4.78 is 1.61. The van der Waals surface area contributed by atoms with Gasteiger partial charge < -0.3 is 10.7 Å². The molecule has 0 saturated heterocycles. The predicted octanol–water partition coefficient (Wildman–Crippen LogP) is 5.70. The molecule has 0 aliphatic heterocycles. The van der Waals surface area contributed by atoms with Gasteiger partial charge in [0.2, 0.25) is 0 Å². The van der Waals surface area contributed by atoms with E-state index in [-0.39, 0.29) is 5.56 Å². The molecule has 29 heavy (non-hydrogen) atoms. The molecule has 0 bridgehead atoms. The zero-order valence-electron chi connectivity index (χ0n) is 15.2. The summed E-state index contributed by atoms with van der Waals surface area (Å²) in [7, 11) is 1.75. The quantitative estimate of drug-likeness (QED) is 0.369. The molecule has 0 atom stereocenters. The van der Waals surface area contributed by atoms with E-state index in [0.29, 0.717) is 26.3 Å². The summed E-state index contributed by atoms with van der Waals surface area (Å²) in [4.78, 5) is 20.7. The van der Waals surface area contributed by atoms with Gasteiger partial charge in [0, 0.05) is 50.4 Å². The van der Waals surface area contributed by atoms with Crippen molar-refractivity contribution in [1.82, 2.24) is 14.5 Å². The van der Waals surface area contributed by atoms with Gasteiger partial charge in [-0.15, -0.1) is 11.3 Å². The maximum atomic E-state index is 13.0. The number of anilines is 1. The second kappa shape index (κ2) is 6.62. The molecule has 0 fully saturated rings. The Morgan fingerprint density at radius 1 is 1.07 bits per heavy atom. The van der Waals surface area contributed by atoms with Crippen LogP contribution in [0.3, 0.4) is 0 Å². The van der Waals surface area contributed by atoms with Crippen LogP contribution in [-0.2, 0) is 7.05 Å². The fourth-order valence-corrected chi connectivity index (χ4v) is 4.66. The molecule has 0 aliphatic carbocycles. The number of fused-ring (bicyclic) bond motifs is 3. The second-order valence-corrected chi connectivity index (χ2v) is 8.50. The minimum absolute atomic E-state index is 0.138. The number of aryl methyl sites for hydroxylation is 1. The molecule has 5 aromatic rings. The SMILES string of the molecule is Cn1c(=O)c(-c2ccc(Cl)cc2Cl)cc2c3cc(-c4csc(N)n4)ccc3[nH]c21. The highest BCUT2D eigenvalue weighted by Crippen LogP contribution is 2.34. The van der Waals surface area contributed by atoms with Gasteiger partial charge in [-0.1, -0.05) is 35.3 Å². The molecule has 3 heterocycles. The maximum Gasteiger partial charge on any atom is 0.259 e. The van der Waals surface area contributed by atoms with Gasteiger partial charge in [-0.05, 0) is 30.3 Å². The van der Waals surface area contributed by atoms with Gasteiger partial charge in [-0.2, -0.15) is 0 Å². The lowest BCUT2D eigenvalue weighted by atomic mass is 10.0. The molecule has 5 nitrogen and oxygen atoms in total. The first-order valence-electron chi connectivity index (χ1n) is 8.74. The van der Waals surface area contributed by atoms with E-state index in [2.05, 4.69) is 16.0 Å². The Morgan fingerprint density at radius 3 is 2.62 bits per heavy atom. The molecular weight excluding hydrogens is 427 g/mol. The topological polar surface area (TPSA) is 76.7 Å². The largest absolute Gasteiger partial charge is 0.375 e. The summed E-state index contributed by atoms with van der Waals surface area (Å²) in [6.45, 7) is 0. The highest BCUT2D eigenvalue weighted by Gasteiger charge is 2.16. The fraction of sp³-hybridized carbons (Fsp3) is 0.0476. The van der Waals surface area contributed by atoms with E-state index in [1.54, 1.807) is 29.8 Å². The number of nitrogens with zero attached hydrogens (tertiary/aromatic N) is 2. The molecule has 0 saturated carbocycles. The minimum atomic E-state index is -0.138. The number of pyridine rings is 1. The van der Waals surface area contributed by atoms with Crippen LogP contribution in [-0.4, -0.2) is 14.5 Å². The van der Waals surface area contributed by atoms with Crippen molar-refractivity contribution in [3.8, 4) is 22.4 Å². The highest BCUT2D eigenvalue weighted by molar-refractivity contribution is 7.13. The first kappa shape index (κ1) is 18.2. The number of aromatic nitrogens is 3. The molecule has 0 spiro atoms. The van der Waals surface area contributed by atoms with Crippen molar-refractivity contribution in [1.29, 1.82) is 0 Å². The number of halogens is 2. The Balaban J connectivity index is 1.81. The van der Waals surface area contributed by atoms with E-state index < -0.39 is 0 Å². The summed E-state index contributed by atoms with van der Waals surface area (Å²) in [6.07, 6.45) is 0. The van der Waals surface area contributed by atoms with Crippen LogP contribution >= 0.6 is 34.5 Å². The Kier molecular flexibility index (Phi) is 4.17. The van der Waals surface area contributed by atoms with E-state index in [1.165, 1.54) is 11.3 Å². The van der Waals surface area contributed by atoms with Crippen molar-refractivity contribution < 1.29 is 0 Å². The number of H-pyrrole nitrogens is 1. The molecule has 144 valence electrons. The number of hydrogen-bond acceptors (Lipinski definition) is 4. The predicted molar refractivity (Wildman–Crippen MR) is 122 cm³/mol. The number of aromatic amines is 1. The van der Waals surface area contributed by atoms with Crippen LogP contribution in [0.1, 0.15) is 0 Å². The van der Waals surface area contributed by atoms with Crippen LogP contribution < -0.4 is 11.3 Å². The van der Waals surface area contributed by atoms with Crippen molar-refractivity contribution in [2.45, 2.75) is 0 Å². The lowest BCUT2D eigenvalue weighted by Gasteiger charge is -2.08. The van der Waals surface area contributed by atoms with E-state index in [1.807, 2.05) is 23.6 Å². The maximum absolute atomic E-state index is 13.0. The number of hydrogen-bond donors (Lipinski definition) is 2. The fourth-order valence-electron chi connectivity index (χ4n) is 3.58. The molecule has 2 aromatic carbocycles. The normalized spacial score (nSPS) is 11.6. The van der Waals surface area contributed by atoms with Crippen LogP contribution in [0.4, 0.5) is 5.13 Å². The van der Waals surface area contributed by atoms with Crippen molar-refractivity contribution in [3.05, 3.63) is 68.2 Å². The summed E-state index contributed by atoms with van der Waals surface area (Å²) >= 11 is 13.8. The van der Waals surface area contributed by atoms with Crippen LogP contribution in [0.15, 0.2) is 52.6 Å². The average molecular weight is 441 g/mol. The zero-order valence-corrected chi connectivity index (χ0v) is 17.5. The van der Waals surface area contributed by atoms with Crippen molar-refractivity contribution >= 4 is 61.6 Å². The molecule has 8 heteroatoms. The number of benzene rings is 2. The third-order valence-electron chi connectivity index (χ3n) is 5.02. The van der Waals surface area contributed by atoms with E-state index in [0.717, 1.165) is 33.2 Å². The van der Waals surface area contributed by atoms with Gasteiger partial charge in [-0.25, -0.2) is 4.98 Å². The molecule has 0 amide bonds. The van der Waals surface area contributed by atoms with Crippen molar-refractivity contribution in [2.75, 3.05) is 5.73 Å². The molecule has 3 aromatic heterocycles. The number of thiazole rings is 1. The monoisotopic (exact) mass is 440 g/mol. The number of nitrogens with two attached hydrogens (primary N) is 1. The van der Waals surface area contributed by atoms with Crippen molar-refractivity contribution in [2.24, 2.45) is 7.05 Å². The number of nitrogen functional groups attached to an aromatic ring is 1. The van der Waals surface area contributed by atoms with E-state index in [9.17, 15) is 4.79 Å². The lowest BCUT2D eigenvalue weighted by molar-refractivity contribution is 0.896. The Labute approximate surface area is 179 Å². The third-order valence-corrected chi connectivity index (χ3v) is 6.24. The van der Waals surface area contributed by atoms with Gasteiger partial charge in [0.25, 0.3) is 5.56 Å². The smallest absolute Gasteiger partial charge is 0.259 e. The van der Waals surface area contributed by atoms with Crippen LogP contribution in [0, 0.1) is 0 Å². The molecular formula is C21H14Cl2N4OS. The Bertz CT molecular complexity index is 1480. The third kappa shape index (κ3) is 2.92. The molecule has 0 aliphatic rings. The van der Waals surface area contributed by atoms with Gasteiger partial charge >= 0.3 is 0 Å². The molecule has 3 N–H and O–H groups in total. The number of rotatable bonds is 2. The minimum Gasteiger partial charge on any atom is -0.375 e. The summed E-state index contributed by atoms with van der Waals surface area (Å²) in [5.74, 6) is 0. The highest BCUT2D eigenvalue weighted by atomic mass is 35.5. The van der Waals surface area contributed by atoms with Crippen LogP contribution in [0.5, 0.6) is 0 Å². The van der Waals surface area contributed by atoms with Gasteiger partial charge in [0.1, 0.15) is 5.65 Å². The average Bonchev–Trinajstić information content (AvgIpc) is 3.28. The standard InChI is InChI=1S/C21H14Cl2N4OS/c1-27-19-14(8-15(20(27)28)12-4-3-11(22)7-16(12)23)13-6-10(2-5-17(13)25-19)18-9-29-21(24)26-18/h2-9,25H,1H3,(H2,24,26). The first-order valence-corrected chi connectivity index (χ1v) is 10.4. The van der Waals surface area contributed by atoms with E-state index in [4.69, 9.17) is 28.9 Å². The summed E-state index contributed by atoms with van der Waals surface area (Å²) in [5.41, 5.74) is 10.3. The molecule has 0 radical (unpaired) electrons.